The first-order chi connectivity index (χ1) is 15.3. The second-order valence-electron chi connectivity index (χ2n) is 8.41. The fraction of sp³-hybridized carbons (Fsp3) is 0.200. The molecule has 4 aromatic rings. The summed E-state index contributed by atoms with van der Waals surface area (Å²) in [4.78, 5) is 26.2. The number of benzene rings is 3. The van der Waals surface area contributed by atoms with E-state index in [0.29, 0.717) is 38.4 Å². The summed E-state index contributed by atoms with van der Waals surface area (Å²) in [7, 11) is 0. The third kappa shape index (κ3) is 3.23. The van der Waals surface area contributed by atoms with E-state index in [4.69, 9.17) is 20.9 Å². The van der Waals surface area contributed by atoms with Crippen LogP contribution in [-0.4, -0.2) is 27.3 Å². The number of aromatic nitrogens is 1. The van der Waals surface area contributed by atoms with Crippen molar-refractivity contribution >= 4 is 28.4 Å². The average Bonchev–Trinajstić information content (AvgIpc) is 3.09. The van der Waals surface area contributed by atoms with Gasteiger partial charge in [0, 0.05) is 27.8 Å². The van der Waals surface area contributed by atoms with Gasteiger partial charge in [-0.1, -0.05) is 41.9 Å². The highest BCUT2D eigenvalue weighted by atomic mass is 35.5. The molecular weight excluding hydrogens is 430 g/mol. The molecule has 1 aliphatic heterocycles. The number of fused-ring (bicyclic) bond motifs is 2. The van der Waals surface area contributed by atoms with E-state index in [1.165, 1.54) is 0 Å². The van der Waals surface area contributed by atoms with Crippen LogP contribution in [0.2, 0.25) is 5.02 Å². The molecule has 32 heavy (non-hydrogen) atoms. The van der Waals surface area contributed by atoms with Crippen LogP contribution >= 0.6 is 11.6 Å². The Balaban J connectivity index is 1.69. The maximum Gasteiger partial charge on any atom is 0.291 e. The first-order valence-corrected chi connectivity index (χ1v) is 10.6. The molecule has 0 spiro atoms. The largest absolute Gasteiger partial charge is 0.485 e. The summed E-state index contributed by atoms with van der Waals surface area (Å²) < 4.78 is 13.0. The number of rotatable bonds is 3. The van der Waals surface area contributed by atoms with Crippen molar-refractivity contribution in [1.82, 2.24) is 4.74 Å². The third-order valence-corrected chi connectivity index (χ3v) is 6.07. The van der Waals surface area contributed by atoms with E-state index in [9.17, 15) is 14.7 Å². The van der Waals surface area contributed by atoms with Gasteiger partial charge in [-0.05, 0) is 44.2 Å². The number of hydrogen-bond donors (Lipinski definition) is 1. The third-order valence-electron chi connectivity index (χ3n) is 5.83. The van der Waals surface area contributed by atoms with E-state index >= 15 is 0 Å². The SMILES string of the molecule is CC1(C)Oc2ccc(C(=O)c3ccccc3)cc2[C@@H](n2oc3cc(Cl)ccc3c2=O)[C@@H]1O. The fourth-order valence-electron chi connectivity index (χ4n) is 4.12. The molecule has 6 nitrogen and oxygen atoms in total. The van der Waals surface area contributed by atoms with Gasteiger partial charge < -0.3 is 14.4 Å². The number of ether oxygens (including phenoxy) is 1. The summed E-state index contributed by atoms with van der Waals surface area (Å²) >= 11 is 6.06. The number of ketones is 1. The smallest absolute Gasteiger partial charge is 0.291 e. The van der Waals surface area contributed by atoms with Crippen LogP contribution in [0.1, 0.15) is 41.4 Å². The molecule has 0 saturated carbocycles. The van der Waals surface area contributed by atoms with Crippen molar-refractivity contribution in [3.05, 3.63) is 98.8 Å². The van der Waals surface area contributed by atoms with Gasteiger partial charge >= 0.3 is 0 Å². The molecule has 3 aromatic carbocycles. The molecule has 0 unspecified atom stereocenters. The monoisotopic (exact) mass is 449 g/mol. The maximum atomic E-state index is 13.2. The molecule has 0 aliphatic carbocycles. The number of halogens is 1. The van der Waals surface area contributed by atoms with Gasteiger partial charge in [-0.2, -0.15) is 4.74 Å². The van der Waals surface area contributed by atoms with Crippen LogP contribution in [0.4, 0.5) is 0 Å². The standard InChI is InChI=1S/C25H20ClNO5/c1-25(2)23(29)21(27-24(30)17-10-9-16(26)13-20(17)32-27)18-12-15(8-11-19(18)31-25)22(28)14-6-4-3-5-7-14/h3-13,21,23,29H,1-2H3/t21-,23+/m1/s1. The molecule has 0 saturated heterocycles. The van der Waals surface area contributed by atoms with Gasteiger partial charge in [0.05, 0.1) is 5.39 Å². The first-order valence-electron chi connectivity index (χ1n) is 10.2. The van der Waals surface area contributed by atoms with Crippen LogP contribution in [0.15, 0.2) is 76.0 Å². The van der Waals surface area contributed by atoms with Crippen molar-refractivity contribution in [3.8, 4) is 5.75 Å². The second kappa shape index (κ2) is 7.36. The summed E-state index contributed by atoms with van der Waals surface area (Å²) in [5, 5.41) is 12.0. The Kier molecular flexibility index (Phi) is 4.73. The zero-order chi connectivity index (χ0) is 22.6. The topological polar surface area (TPSA) is 81.7 Å². The van der Waals surface area contributed by atoms with E-state index in [1.807, 2.05) is 6.07 Å². The second-order valence-corrected chi connectivity index (χ2v) is 8.84. The van der Waals surface area contributed by atoms with Crippen molar-refractivity contribution in [1.29, 1.82) is 0 Å². The lowest BCUT2D eigenvalue weighted by Crippen LogP contribution is -2.51. The molecular formula is C25H20ClNO5. The van der Waals surface area contributed by atoms with E-state index < -0.39 is 23.3 Å². The zero-order valence-corrected chi connectivity index (χ0v) is 18.2. The minimum atomic E-state index is -1.12. The number of carbonyl (C=O) groups excluding carboxylic acids is 1. The van der Waals surface area contributed by atoms with Crippen LogP contribution in [0.25, 0.3) is 11.0 Å². The quantitative estimate of drug-likeness (QED) is 0.462. The van der Waals surface area contributed by atoms with Crippen molar-refractivity contribution in [3.63, 3.8) is 0 Å². The molecule has 1 N–H and O–H groups in total. The summed E-state index contributed by atoms with van der Waals surface area (Å²) in [5.74, 6) is 0.301. The Labute approximate surface area is 188 Å². The lowest BCUT2D eigenvalue weighted by molar-refractivity contribution is -0.0764. The Morgan fingerprint density at radius 1 is 1.03 bits per heavy atom. The van der Waals surface area contributed by atoms with E-state index in [-0.39, 0.29) is 5.78 Å². The number of carbonyl (C=O) groups is 1. The average molecular weight is 450 g/mol. The predicted octanol–water partition coefficient (Wildman–Crippen LogP) is 4.60. The lowest BCUT2D eigenvalue weighted by atomic mass is 9.85. The van der Waals surface area contributed by atoms with E-state index in [1.54, 1.807) is 74.5 Å². The van der Waals surface area contributed by atoms with Gasteiger partial charge in [-0.15, -0.1) is 0 Å². The van der Waals surface area contributed by atoms with Crippen molar-refractivity contribution in [2.24, 2.45) is 0 Å². The molecule has 2 atom stereocenters. The highest BCUT2D eigenvalue weighted by Crippen LogP contribution is 2.42. The summed E-state index contributed by atoms with van der Waals surface area (Å²) in [6.07, 6.45) is -1.12. The molecule has 162 valence electrons. The summed E-state index contributed by atoms with van der Waals surface area (Å²) in [6.45, 7) is 3.47. The summed E-state index contributed by atoms with van der Waals surface area (Å²) in [6, 6.07) is 17.8. The normalized spacial score (nSPS) is 19.4. The van der Waals surface area contributed by atoms with Crippen LogP contribution < -0.4 is 10.3 Å². The number of nitrogens with zero attached hydrogens (tertiary/aromatic N) is 1. The van der Waals surface area contributed by atoms with Gasteiger partial charge in [-0.3, -0.25) is 9.59 Å². The van der Waals surface area contributed by atoms with Crippen LogP contribution in [0.3, 0.4) is 0 Å². The maximum absolute atomic E-state index is 13.2. The Morgan fingerprint density at radius 2 is 1.78 bits per heavy atom. The Morgan fingerprint density at radius 3 is 2.53 bits per heavy atom. The zero-order valence-electron chi connectivity index (χ0n) is 17.4. The number of aliphatic hydroxyl groups excluding tert-OH is 1. The predicted molar refractivity (Wildman–Crippen MR) is 121 cm³/mol. The van der Waals surface area contributed by atoms with Gasteiger partial charge in [-0.25, -0.2) is 0 Å². The number of hydrogen-bond acceptors (Lipinski definition) is 5. The van der Waals surface area contributed by atoms with Crippen molar-refractivity contribution < 1.29 is 19.2 Å². The van der Waals surface area contributed by atoms with Gasteiger partial charge in [0.25, 0.3) is 5.56 Å². The first kappa shape index (κ1) is 20.5. The molecule has 0 bridgehead atoms. The Hall–Kier alpha value is -3.35. The van der Waals surface area contributed by atoms with E-state index in [0.717, 1.165) is 4.74 Å². The lowest BCUT2D eigenvalue weighted by Gasteiger charge is -2.41. The molecule has 0 amide bonds. The van der Waals surface area contributed by atoms with E-state index in [2.05, 4.69) is 0 Å². The summed E-state index contributed by atoms with van der Waals surface area (Å²) in [5.41, 5.74) is 0.366. The molecule has 2 heterocycles. The minimum absolute atomic E-state index is 0.171. The van der Waals surface area contributed by atoms with Gasteiger partial charge in [0.2, 0.25) is 0 Å². The van der Waals surface area contributed by atoms with Gasteiger partial charge in [0.15, 0.2) is 11.4 Å². The molecule has 0 radical (unpaired) electrons. The van der Waals surface area contributed by atoms with Crippen LogP contribution in [0.5, 0.6) is 5.75 Å². The fourth-order valence-corrected chi connectivity index (χ4v) is 4.28. The van der Waals surface area contributed by atoms with Crippen molar-refractivity contribution in [2.75, 3.05) is 0 Å². The van der Waals surface area contributed by atoms with Crippen molar-refractivity contribution in [2.45, 2.75) is 31.6 Å². The van der Waals surface area contributed by atoms with Gasteiger partial charge in [0.1, 0.15) is 23.5 Å². The highest BCUT2D eigenvalue weighted by Gasteiger charge is 2.46. The molecule has 1 aliphatic rings. The molecule has 7 heteroatoms. The molecule has 5 rings (SSSR count). The molecule has 0 fully saturated rings. The van der Waals surface area contributed by atoms with Crippen LogP contribution in [0, 0.1) is 0 Å². The van der Waals surface area contributed by atoms with Crippen LogP contribution in [-0.2, 0) is 0 Å². The number of aliphatic hydroxyl groups is 1. The Bertz CT molecular complexity index is 1400. The minimum Gasteiger partial charge on any atom is -0.485 e. The molecule has 1 aromatic heterocycles. The highest BCUT2D eigenvalue weighted by molar-refractivity contribution is 6.31.